The van der Waals surface area contributed by atoms with Gasteiger partial charge in [-0.05, 0) is 17.9 Å². The molecule has 1 aromatic rings. The Balaban J connectivity index is 2.64. The van der Waals surface area contributed by atoms with Gasteiger partial charge < -0.3 is 5.11 Å². The van der Waals surface area contributed by atoms with Crippen LogP contribution in [0.1, 0.15) is 39.0 Å². The van der Waals surface area contributed by atoms with Crippen LogP contribution in [0.4, 0.5) is 0 Å². The van der Waals surface area contributed by atoms with Crippen LogP contribution in [0, 0.1) is 5.41 Å². The fourth-order valence-corrected chi connectivity index (χ4v) is 1.30. The lowest BCUT2D eigenvalue weighted by Crippen LogP contribution is -2.12. The minimum Gasteiger partial charge on any atom is -0.387 e. The zero-order chi connectivity index (χ0) is 10.1. The van der Waals surface area contributed by atoms with Crippen molar-refractivity contribution < 1.29 is 5.11 Å². The first-order chi connectivity index (χ1) is 5.88. The fourth-order valence-electron chi connectivity index (χ4n) is 1.30. The van der Waals surface area contributed by atoms with E-state index < -0.39 is 6.10 Å². The highest BCUT2D eigenvalue weighted by atomic mass is 16.3. The Morgan fingerprint density at radius 1 is 1.54 bits per heavy atom. The summed E-state index contributed by atoms with van der Waals surface area (Å²) >= 11 is 0. The molecule has 1 unspecified atom stereocenters. The zero-order valence-corrected chi connectivity index (χ0v) is 8.78. The second-order valence-electron chi connectivity index (χ2n) is 4.69. The van der Waals surface area contributed by atoms with E-state index in [4.69, 9.17) is 0 Å². The first-order valence-corrected chi connectivity index (χ1v) is 4.56. The first kappa shape index (κ1) is 10.3. The summed E-state index contributed by atoms with van der Waals surface area (Å²) in [7, 11) is 1.85. The molecule has 1 atom stereocenters. The van der Waals surface area contributed by atoms with Crippen molar-refractivity contribution in [1.29, 1.82) is 0 Å². The number of hydrogen-bond acceptors (Lipinski definition) is 2. The molecule has 0 amide bonds. The average Bonchev–Trinajstić information content (AvgIpc) is 2.31. The van der Waals surface area contributed by atoms with Crippen molar-refractivity contribution in [2.45, 2.75) is 33.3 Å². The van der Waals surface area contributed by atoms with Gasteiger partial charge in [0.2, 0.25) is 0 Å². The number of rotatable bonds is 2. The molecule has 0 radical (unpaired) electrons. The Labute approximate surface area is 79.4 Å². The molecule has 74 valence electrons. The molecular weight excluding hydrogens is 164 g/mol. The standard InChI is InChI=1S/C10H18N2O/c1-10(2,3)7-9(13)8-5-6-12(4)11-8/h5-6,9,13H,7H2,1-4H3. The van der Waals surface area contributed by atoms with Crippen molar-refractivity contribution in [3.8, 4) is 0 Å². The maximum atomic E-state index is 9.79. The van der Waals surface area contributed by atoms with E-state index in [2.05, 4.69) is 25.9 Å². The summed E-state index contributed by atoms with van der Waals surface area (Å²) in [5, 5.41) is 14.0. The van der Waals surface area contributed by atoms with Crippen molar-refractivity contribution in [1.82, 2.24) is 9.78 Å². The van der Waals surface area contributed by atoms with E-state index in [1.807, 2.05) is 19.3 Å². The maximum Gasteiger partial charge on any atom is 0.0983 e. The summed E-state index contributed by atoms with van der Waals surface area (Å²) in [6, 6.07) is 1.86. The maximum absolute atomic E-state index is 9.79. The van der Waals surface area contributed by atoms with Crippen LogP contribution in [0.2, 0.25) is 0 Å². The van der Waals surface area contributed by atoms with Gasteiger partial charge >= 0.3 is 0 Å². The molecule has 1 N–H and O–H groups in total. The molecule has 0 spiro atoms. The van der Waals surface area contributed by atoms with Crippen molar-refractivity contribution in [2.24, 2.45) is 12.5 Å². The van der Waals surface area contributed by atoms with Crippen molar-refractivity contribution in [3.63, 3.8) is 0 Å². The van der Waals surface area contributed by atoms with E-state index in [0.717, 1.165) is 12.1 Å². The second-order valence-corrected chi connectivity index (χ2v) is 4.69. The van der Waals surface area contributed by atoms with Crippen LogP contribution in [0.5, 0.6) is 0 Å². The number of aliphatic hydroxyl groups excluding tert-OH is 1. The molecule has 13 heavy (non-hydrogen) atoms. The van der Waals surface area contributed by atoms with Crippen LogP contribution < -0.4 is 0 Å². The van der Waals surface area contributed by atoms with Crippen molar-refractivity contribution in [2.75, 3.05) is 0 Å². The summed E-state index contributed by atoms with van der Waals surface area (Å²) in [6.07, 6.45) is 2.15. The highest BCUT2D eigenvalue weighted by Crippen LogP contribution is 2.27. The molecule has 0 saturated heterocycles. The first-order valence-electron chi connectivity index (χ1n) is 4.56. The predicted molar refractivity (Wildman–Crippen MR) is 52.2 cm³/mol. The monoisotopic (exact) mass is 182 g/mol. The molecule has 1 rings (SSSR count). The predicted octanol–water partition coefficient (Wildman–Crippen LogP) is 1.89. The minimum absolute atomic E-state index is 0.136. The minimum atomic E-state index is -0.443. The average molecular weight is 182 g/mol. The van der Waals surface area contributed by atoms with Gasteiger partial charge in [0.05, 0.1) is 11.8 Å². The summed E-state index contributed by atoms with van der Waals surface area (Å²) in [6.45, 7) is 6.33. The second kappa shape index (κ2) is 3.50. The number of nitrogens with zero attached hydrogens (tertiary/aromatic N) is 2. The lowest BCUT2D eigenvalue weighted by atomic mass is 9.88. The Morgan fingerprint density at radius 2 is 2.15 bits per heavy atom. The Hall–Kier alpha value is -0.830. The molecule has 0 aliphatic heterocycles. The highest BCUT2D eigenvalue weighted by Gasteiger charge is 2.19. The molecule has 0 bridgehead atoms. The Morgan fingerprint density at radius 3 is 2.54 bits per heavy atom. The molecule has 1 aromatic heterocycles. The molecule has 0 fully saturated rings. The SMILES string of the molecule is Cn1ccc(C(O)CC(C)(C)C)n1. The van der Waals surface area contributed by atoms with Gasteiger partial charge in [0.15, 0.2) is 0 Å². The number of aliphatic hydroxyl groups is 1. The van der Waals surface area contributed by atoms with E-state index in [1.165, 1.54) is 0 Å². The third kappa shape index (κ3) is 3.19. The molecule has 3 nitrogen and oxygen atoms in total. The number of aryl methyl sites for hydroxylation is 1. The van der Waals surface area contributed by atoms with Crippen LogP contribution in [-0.4, -0.2) is 14.9 Å². The summed E-state index contributed by atoms with van der Waals surface area (Å²) in [5.74, 6) is 0. The van der Waals surface area contributed by atoms with Gasteiger partial charge in [-0.15, -0.1) is 0 Å². The van der Waals surface area contributed by atoms with Gasteiger partial charge in [-0.25, -0.2) is 0 Å². The third-order valence-electron chi connectivity index (χ3n) is 1.88. The van der Waals surface area contributed by atoms with Gasteiger partial charge in [-0.3, -0.25) is 4.68 Å². The van der Waals surface area contributed by atoms with Crippen molar-refractivity contribution >= 4 is 0 Å². The summed E-state index contributed by atoms with van der Waals surface area (Å²) in [5.41, 5.74) is 0.897. The molecule has 0 aromatic carbocycles. The summed E-state index contributed by atoms with van der Waals surface area (Å²) in [4.78, 5) is 0. The van der Waals surface area contributed by atoms with Crippen LogP contribution in [0.25, 0.3) is 0 Å². The molecule has 0 aliphatic carbocycles. The fraction of sp³-hybridized carbons (Fsp3) is 0.700. The Bertz CT molecular complexity index is 273. The topological polar surface area (TPSA) is 38.0 Å². The quantitative estimate of drug-likeness (QED) is 0.758. The summed E-state index contributed by atoms with van der Waals surface area (Å²) < 4.78 is 1.71. The smallest absolute Gasteiger partial charge is 0.0983 e. The molecule has 0 saturated carbocycles. The van der Waals surface area contributed by atoms with Gasteiger partial charge in [-0.1, -0.05) is 20.8 Å². The van der Waals surface area contributed by atoms with E-state index in [0.29, 0.717) is 0 Å². The largest absolute Gasteiger partial charge is 0.387 e. The molecule has 1 heterocycles. The van der Waals surface area contributed by atoms with Gasteiger partial charge in [-0.2, -0.15) is 5.10 Å². The van der Waals surface area contributed by atoms with Crippen LogP contribution in [-0.2, 0) is 7.05 Å². The van der Waals surface area contributed by atoms with Gasteiger partial charge in [0, 0.05) is 13.2 Å². The Kier molecular flexibility index (Phi) is 2.76. The van der Waals surface area contributed by atoms with E-state index in [1.54, 1.807) is 4.68 Å². The van der Waals surface area contributed by atoms with E-state index >= 15 is 0 Å². The highest BCUT2D eigenvalue weighted by molar-refractivity contribution is 5.03. The molecule has 0 aliphatic rings. The van der Waals surface area contributed by atoms with Crippen LogP contribution >= 0.6 is 0 Å². The number of aromatic nitrogens is 2. The van der Waals surface area contributed by atoms with Crippen LogP contribution in [0.15, 0.2) is 12.3 Å². The van der Waals surface area contributed by atoms with Crippen LogP contribution in [0.3, 0.4) is 0 Å². The van der Waals surface area contributed by atoms with E-state index in [-0.39, 0.29) is 5.41 Å². The zero-order valence-electron chi connectivity index (χ0n) is 8.78. The molecular formula is C10H18N2O. The van der Waals surface area contributed by atoms with Crippen molar-refractivity contribution in [3.05, 3.63) is 18.0 Å². The van der Waals surface area contributed by atoms with E-state index in [9.17, 15) is 5.11 Å². The molecule has 3 heteroatoms. The number of hydrogen-bond donors (Lipinski definition) is 1. The van der Waals surface area contributed by atoms with Gasteiger partial charge in [0.25, 0.3) is 0 Å². The normalized spacial score (nSPS) is 14.5. The lowest BCUT2D eigenvalue weighted by molar-refractivity contribution is 0.118. The third-order valence-corrected chi connectivity index (χ3v) is 1.88. The van der Waals surface area contributed by atoms with Gasteiger partial charge in [0.1, 0.15) is 0 Å². The lowest BCUT2D eigenvalue weighted by Gasteiger charge is -2.20.